The van der Waals surface area contributed by atoms with Crippen molar-refractivity contribution in [3.63, 3.8) is 0 Å². The molecule has 0 aromatic heterocycles. The van der Waals surface area contributed by atoms with Crippen LogP contribution in [0.25, 0.3) is 0 Å². The van der Waals surface area contributed by atoms with Crippen LogP contribution in [0.3, 0.4) is 0 Å². The molecule has 1 aliphatic rings. The molecule has 2 rings (SSSR count). The fourth-order valence-corrected chi connectivity index (χ4v) is 3.05. The Morgan fingerprint density at radius 1 is 1.32 bits per heavy atom. The third-order valence-electron chi connectivity index (χ3n) is 3.78. The van der Waals surface area contributed by atoms with Crippen LogP contribution in [-0.4, -0.2) is 22.1 Å². The fourth-order valence-electron chi connectivity index (χ4n) is 2.71. The number of benzene rings is 1. The highest BCUT2D eigenvalue weighted by Crippen LogP contribution is 2.40. The van der Waals surface area contributed by atoms with Gasteiger partial charge >= 0.3 is 8.60 Å². The molecule has 0 amide bonds. The van der Waals surface area contributed by atoms with E-state index in [1.165, 1.54) is 5.56 Å². The van der Waals surface area contributed by atoms with Crippen molar-refractivity contribution in [1.82, 2.24) is 0 Å². The van der Waals surface area contributed by atoms with Crippen LogP contribution in [0.15, 0.2) is 24.3 Å². The van der Waals surface area contributed by atoms with Crippen molar-refractivity contribution in [2.75, 3.05) is 6.61 Å². The van der Waals surface area contributed by atoms with Crippen LogP contribution in [0, 0.1) is 11.3 Å². The number of hydrogen-bond acceptors (Lipinski definition) is 4. The molecule has 2 unspecified atom stereocenters. The molecule has 0 radical (unpaired) electrons. The van der Waals surface area contributed by atoms with E-state index in [9.17, 15) is 0 Å². The van der Waals surface area contributed by atoms with Gasteiger partial charge in [-0.25, -0.2) is 0 Å². The molecule has 4 nitrogen and oxygen atoms in total. The van der Waals surface area contributed by atoms with Gasteiger partial charge in [0.25, 0.3) is 0 Å². The van der Waals surface area contributed by atoms with E-state index in [0.29, 0.717) is 24.2 Å². The van der Waals surface area contributed by atoms with Gasteiger partial charge in [-0.2, -0.15) is 0 Å². The number of hydrogen-bond donors (Lipinski definition) is 3. The molecule has 5 heteroatoms. The highest BCUT2D eigenvalue weighted by atomic mass is 31.2. The molecule has 2 atom stereocenters. The minimum atomic E-state index is -2.22. The average Bonchev–Trinajstić information content (AvgIpc) is 2.85. The molecule has 1 fully saturated rings. The summed E-state index contributed by atoms with van der Waals surface area (Å²) in [5, 5.41) is 7.58. The Hall–Kier alpha value is -0.800. The van der Waals surface area contributed by atoms with Crippen molar-refractivity contribution in [1.29, 1.82) is 5.41 Å². The molecule has 1 aliphatic carbocycles. The van der Waals surface area contributed by atoms with Crippen molar-refractivity contribution in [3.8, 4) is 0 Å². The second-order valence-electron chi connectivity index (χ2n) is 5.17. The smallest absolute Gasteiger partial charge is 0.327 e. The minimum absolute atomic E-state index is 0.415. The first kappa shape index (κ1) is 14.6. The lowest BCUT2D eigenvalue weighted by Crippen LogP contribution is -2.03. The van der Waals surface area contributed by atoms with E-state index in [-0.39, 0.29) is 0 Å². The second kappa shape index (κ2) is 6.58. The van der Waals surface area contributed by atoms with Gasteiger partial charge in [0.2, 0.25) is 0 Å². The van der Waals surface area contributed by atoms with Gasteiger partial charge in [0.05, 0.1) is 6.61 Å². The van der Waals surface area contributed by atoms with Crippen LogP contribution in [-0.2, 0) is 4.52 Å². The maximum Gasteiger partial charge on any atom is 0.327 e. The Labute approximate surface area is 114 Å². The van der Waals surface area contributed by atoms with Crippen molar-refractivity contribution >= 4 is 14.3 Å². The van der Waals surface area contributed by atoms with Crippen LogP contribution < -0.4 is 0 Å². The van der Waals surface area contributed by atoms with Gasteiger partial charge < -0.3 is 19.7 Å². The molecule has 0 bridgehead atoms. The molecule has 0 saturated heterocycles. The van der Waals surface area contributed by atoms with Crippen LogP contribution in [0.1, 0.15) is 43.2 Å². The number of nitrogens with one attached hydrogen (secondary N) is 1. The van der Waals surface area contributed by atoms with Gasteiger partial charge in [-0.15, -0.1) is 0 Å². The maximum absolute atomic E-state index is 8.76. The summed E-state index contributed by atoms with van der Waals surface area (Å²) in [4.78, 5) is 17.5. The summed E-state index contributed by atoms with van der Waals surface area (Å²) in [5.41, 5.74) is 2.86. The standard InChI is InChI=1S/C14H20NO3P/c1-10(15)12-4-6-13(7-5-12)14-3-2-11(8-14)9-18-19(16)17/h4-7,11,14-17H,2-3,8-9H2,1H3. The lowest BCUT2D eigenvalue weighted by Gasteiger charge is -2.13. The minimum Gasteiger partial charge on any atom is -0.328 e. The first-order valence-electron chi connectivity index (χ1n) is 6.52. The van der Waals surface area contributed by atoms with Crippen molar-refractivity contribution in [2.24, 2.45) is 5.92 Å². The quantitative estimate of drug-likeness (QED) is 0.573. The summed E-state index contributed by atoms with van der Waals surface area (Å²) < 4.78 is 4.91. The van der Waals surface area contributed by atoms with E-state index >= 15 is 0 Å². The molecule has 0 heterocycles. The molecule has 1 aromatic carbocycles. The number of rotatable bonds is 5. The van der Waals surface area contributed by atoms with Crippen molar-refractivity contribution in [3.05, 3.63) is 35.4 Å². The Morgan fingerprint density at radius 3 is 2.58 bits per heavy atom. The zero-order valence-corrected chi connectivity index (χ0v) is 11.9. The molecule has 1 aromatic rings. The third kappa shape index (κ3) is 4.08. The maximum atomic E-state index is 8.76. The first-order valence-corrected chi connectivity index (χ1v) is 7.69. The van der Waals surface area contributed by atoms with Gasteiger partial charge in [0.1, 0.15) is 0 Å². The van der Waals surface area contributed by atoms with E-state index in [2.05, 4.69) is 12.1 Å². The van der Waals surface area contributed by atoms with Crippen LogP contribution in [0.2, 0.25) is 0 Å². The third-order valence-corrected chi connectivity index (χ3v) is 4.16. The predicted molar refractivity (Wildman–Crippen MR) is 76.3 cm³/mol. The second-order valence-corrected chi connectivity index (χ2v) is 5.94. The molecule has 19 heavy (non-hydrogen) atoms. The largest absolute Gasteiger partial charge is 0.328 e. The molecule has 104 valence electrons. The average molecular weight is 281 g/mol. The molecule has 0 spiro atoms. The van der Waals surface area contributed by atoms with E-state index < -0.39 is 8.60 Å². The van der Waals surface area contributed by atoms with E-state index in [1.807, 2.05) is 12.1 Å². The zero-order valence-electron chi connectivity index (χ0n) is 11.0. The van der Waals surface area contributed by atoms with Crippen LogP contribution in [0.5, 0.6) is 0 Å². The fraction of sp³-hybridized carbons (Fsp3) is 0.500. The molecule has 3 N–H and O–H groups in total. The highest BCUT2D eigenvalue weighted by Gasteiger charge is 2.26. The summed E-state index contributed by atoms with van der Waals surface area (Å²) in [6, 6.07) is 8.21. The summed E-state index contributed by atoms with van der Waals surface area (Å²) in [5.74, 6) is 0.941. The lowest BCUT2D eigenvalue weighted by atomic mass is 9.95. The summed E-state index contributed by atoms with van der Waals surface area (Å²) in [6.07, 6.45) is 3.22. The lowest BCUT2D eigenvalue weighted by molar-refractivity contribution is 0.212. The van der Waals surface area contributed by atoms with Crippen LogP contribution in [0.4, 0.5) is 0 Å². The first-order chi connectivity index (χ1) is 9.06. The normalized spacial score (nSPS) is 22.9. The Bertz CT molecular complexity index is 433. The summed E-state index contributed by atoms with van der Waals surface area (Å²) >= 11 is 0. The molecule has 0 aliphatic heterocycles. The van der Waals surface area contributed by atoms with Crippen LogP contribution >= 0.6 is 8.60 Å². The van der Waals surface area contributed by atoms with Crippen molar-refractivity contribution in [2.45, 2.75) is 32.1 Å². The molecular formula is C14H20NO3P. The Balaban J connectivity index is 1.91. The highest BCUT2D eigenvalue weighted by molar-refractivity contribution is 7.39. The van der Waals surface area contributed by atoms with Gasteiger partial charge in [0, 0.05) is 5.71 Å². The summed E-state index contributed by atoms with van der Waals surface area (Å²) in [6.45, 7) is 2.23. The van der Waals surface area contributed by atoms with E-state index in [1.54, 1.807) is 6.92 Å². The van der Waals surface area contributed by atoms with E-state index in [0.717, 1.165) is 24.8 Å². The van der Waals surface area contributed by atoms with Gasteiger partial charge in [-0.3, -0.25) is 0 Å². The van der Waals surface area contributed by atoms with Gasteiger partial charge in [-0.05, 0) is 49.1 Å². The zero-order chi connectivity index (χ0) is 13.8. The van der Waals surface area contributed by atoms with Gasteiger partial charge in [0.15, 0.2) is 0 Å². The molecular weight excluding hydrogens is 261 g/mol. The molecule has 1 saturated carbocycles. The Kier molecular flexibility index (Phi) is 5.06. The van der Waals surface area contributed by atoms with E-state index in [4.69, 9.17) is 19.7 Å². The Morgan fingerprint density at radius 2 is 2.00 bits per heavy atom. The topological polar surface area (TPSA) is 73.5 Å². The monoisotopic (exact) mass is 281 g/mol. The predicted octanol–water partition coefficient (Wildman–Crippen LogP) is 3.19. The van der Waals surface area contributed by atoms with Crippen molar-refractivity contribution < 1.29 is 14.3 Å². The SMILES string of the molecule is CC(=N)c1ccc(C2CCC(COP(O)O)C2)cc1. The summed E-state index contributed by atoms with van der Waals surface area (Å²) in [7, 11) is -2.22. The van der Waals surface area contributed by atoms with Gasteiger partial charge in [-0.1, -0.05) is 24.3 Å².